The largest absolute Gasteiger partial charge is 0.493 e. The van der Waals surface area contributed by atoms with Crippen LogP contribution in [0.25, 0.3) is 6.08 Å². The van der Waals surface area contributed by atoms with Crippen molar-refractivity contribution >= 4 is 55.9 Å². The molecule has 2 heterocycles. The van der Waals surface area contributed by atoms with Crippen molar-refractivity contribution in [3.63, 3.8) is 0 Å². The van der Waals surface area contributed by atoms with Crippen molar-refractivity contribution in [1.29, 1.82) is 5.41 Å². The number of benzene rings is 2. The maximum absolute atomic E-state index is 12.9. The van der Waals surface area contributed by atoms with Crippen LogP contribution in [0.15, 0.2) is 63.4 Å². The number of allylic oxidation sites excluding steroid dienone is 1. The highest BCUT2D eigenvalue weighted by Gasteiger charge is 2.38. The zero-order chi connectivity index (χ0) is 21.1. The molecular weight excluding hydrogens is 484 g/mol. The monoisotopic (exact) mass is 500 g/mol. The van der Waals surface area contributed by atoms with Gasteiger partial charge in [-0.3, -0.25) is 10.2 Å². The van der Waals surface area contributed by atoms with Gasteiger partial charge >= 0.3 is 0 Å². The van der Waals surface area contributed by atoms with Crippen molar-refractivity contribution in [3.05, 3.63) is 79.6 Å². The van der Waals surface area contributed by atoms with Gasteiger partial charge in [0.15, 0.2) is 17.3 Å². The number of hydrogen-bond acceptors (Lipinski definition) is 7. The molecular formula is C22H17BrN2O3S2. The molecule has 0 unspecified atom stereocenters. The number of ketones is 1. The van der Waals surface area contributed by atoms with E-state index in [0.29, 0.717) is 33.1 Å². The lowest BCUT2D eigenvalue weighted by Gasteiger charge is -2.13. The lowest BCUT2D eigenvalue weighted by Crippen LogP contribution is -2.11. The number of rotatable bonds is 6. The van der Waals surface area contributed by atoms with Crippen molar-refractivity contribution in [2.24, 2.45) is 0 Å². The molecule has 0 spiro atoms. The Morgan fingerprint density at radius 1 is 1.23 bits per heavy atom. The Kier molecular flexibility index (Phi) is 6.36. The molecule has 1 saturated heterocycles. The summed E-state index contributed by atoms with van der Waals surface area (Å²) in [5.74, 6) is 0.475. The lowest BCUT2D eigenvalue weighted by molar-refractivity contribution is -0.114. The normalized spacial score (nSPS) is 17.5. The van der Waals surface area contributed by atoms with Gasteiger partial charge in [-0.2, -0.15) is 0 Å². The Labute approximate surface area is 190 Å². The number of hydrogen-bond donors (Lipinski definition) is 1. The Morgan fingerprint density at radius 3 is 2.73 bits per heavy atom. The first kappa shape index (κ1) is 20.8. The molecule has 0 bridgehead atoms. The lowest BCUT2D eigenvalue weighted by atomic mass is 10.0. The highest BCUT2D eigenvalue weighted by Crippen LogP contribution is 2.43. The number of Topliss-reactive ketones (excluding diaryl/α,β-unsaturated/α-hetero) is 1. The van der Waals surface area contributed by atoms with E-state index in [1.807, 2.05) is 47.8 Å². The van der Waals surface area contributed by atoms with E-state index >= 15 is 0 Å². The molecule has 3 aromatic rings. The third-order valence-corrected chi connectivity index (χ3v) is 7.01. The smallest absolute Gasteiger partial charge is 0.186 e. The third-order valence-electron chi connectivity index (χ3n) is 4.49. The van der Waals surface area contributed by atoms with Crippen LogP contribution in [0, 0.1) is 5.41 Å². The number of carbonyl (C=O) groups excluding carboxylic acids is 1. The number of nitrogens with one attached hydrogen (secondary N) is 1. The summed E-state index contributed by atoms with van der Waals surface area (Å²) in [7, 11) is 1.58. The second kappa shape index (κ2) is 9.16. The number of aromatic nitrogens is 1. The molecule has 0 saturated carbocycles. The molecule has 30 heavy (non-hydrogen) atoms. The van der Waals surface area contributed by atoms with E-state index in [1.165, 1.54) is 23.1 Å². The summed E-state index contributed by atoms with van der Waals surface area (Å²) in [6.07, 6.45) is 3.44. The van der Waals surface area contributed by atoms with E-state index in [-0.39, 0.29) is 5.78 Å². The predicted octanol–water partition coefficient (Wildman–Crippen LogP) is 5.91. The summed E-state index contributed by atoms with van der Waals surface area (Å²) >= 11 is 6.14. The molecule has 0 aliphatic carbocycles. The van der Waals surface area contributed by atoms with Crippen LogP contribution in [-0.2, 0) is 11.4 Å². The summed E-state index contributed by atoms with van der Waals surface area (Å²) in [5.41, 5.74) is 1.84. The second-order valence-corrected chi connectivity index (χ2v) is 9.31. The molecule has 1 aromatic heterocycles. The van der Waals surface area contributed by atoms with E-state index < -0.39 is 5.92 Å². The summed E-state index contributed by atoms with van der Waals surface area (Å²) in [5, 5.41) is 11.0. The summed E-state index contributed by atoms with van der Waals surface area (Å²) in [6, 6.07) is 13.5. The average Bonchev–Trinajstić information content (AvgIpc) is 3.36. The average molecular weight is 501 g/mol. The first-order valence-corrected chi connectivity index (χ1v) is 11.5. The van der Waals surface area contributed by atoms with Crippen molar-refractivity contribution in [2.75, 3.05) is 7.11 Å². The van der Waals surface area contributed by atoms with Crippen molar-refractivity contribution in [3.8, 4) is 11.5 Å². The summed E-state index contributed by atoms with van der Waals surface area (Å²) in [6.45, 7) is 0.422. The van der Waals surface area contributed by atoms with Crippen LogP contribution in [-0.4, -0.2) is 22.9 Å². The third kappa shape index (κ3) is 4.35. The fraction of sp³-hybridized carbons (Fsp3) is 0.136. The second-order valence-electron chi connectivity index (χ2n) is 6.44. The summed E-state index contributed by atoms with van der Waals surface area (Å²) < 4.78 is 12.2. The molecule has 0 amide bonds. The molecule has 1 atom stereocenters. The molecule has 1 fully saturated rings. The van der Waals surface area contributed by atoms with Gasteiger partial charge in [0.05, 0.1) is 17.1 Å². The summed E-state index contributed by atoms with van der Waals surface area (Å²) in [4.78, 5) is 17.6. The Bertz CT molecular complexity index is 1110. The topological polar surface area (TPSA) is 72.3 Å². The van der Waals surface area contributed by atoms with Crippen molar-refractivity contribution in [1.82, 2.24) is 4.98 Å². The SMILES string of the molecule is COc1cc(/C=C2\SC(=N)[C@@H](c3nccs3)C2=O)c(Br)cc1OCc1ccccc1. The van der Waals surface area contributed by atoms with E-state index in [0.717, 1.165) is 15.6 Å². The molecule has 4 rings (SSSR count). The maximum atomic E-state index is 12.9. The van der Waals surface area contributed by atoms with E-state index in [1.54, 1.807) is 19.4 Å². The molecule has 1 aliphatic rings. The molecule has 1 aliphatic heterocycles. The van der Waals surface area contributed by atoms with Crippen molar-refractivity contribution in [2.45, 2.75) is 12.5 Å². The molecule has 2 aromatic carbocycles. The molecule has 5 nitrogen and oxygen atoms in total. The van der Waals surface area contributed by atoms with Gasteiger partial charge in [-0.05, 0) is 29.3 Å². The van der Waals surface area contributed by atoms with Gasteiger partial charge in [-0.25, -0.2) is 4.98 Å². The minimum atomic E-state index is -0.601. The maximum Gasteiger partial charge on any atom is 0.186 e. The first-order valence-electron chi connectivity index (χ1n) is 9.02. The minimum absolute atomic E-state index is 0.102. The molecule has 8 heteroatoms. The van der Waals surface area contributed by atoms with Gasteiger partial charge in [0.2, 0.25) is 0 Å². The first-order chi connectivity index (χ1) is 14.6. The van der Waals surface area contributed by atoms with Crippen LogP contribution in [0.4, 0.5) is 0 Å². The van der Waals surface area contributed by atoms with Crippen LogP contribution in [0.1, 0.15) is 22.1 Å². The van der Waals surface area contributed by atoms with Crippen LogP contribution in [0.3, 0.4) is 0 Å². The predicted molar refractivity (Wildman–Crippen MR) is 125 cm³/mol. The zero-order valence-electron chi connectivity index (χ0n) is 15.9. The number of methoxy groups -OCH3 is 1. The number of halogens is 1. The quantitative estimate of drug-likeness (QED) is 0.425. The van der Waals surface area contributed by atoms with E-state index in [2.05, 4.69) is 20.9 Å². The fourth-order valence-corrected chi connectivity index (χ4v) is 5.23. The van der Waals surface area contributed by atoms with Gasteiger partial charge in [-0.15, -0.1) is 11.3 Å². The number of nitrogens with zero attached hydrogens (tertiary/aromatic N) is 1. The molecule has 152 valence electrons. The van der Waals surface area contributed by atoms with Crippen LogP contribution >= 0.6 is 39.0 Å². The highest BCUT2D eigenvalue weighted by molar-refractivity contribution is 9.10. The van der Waals surface area contributed by atoms with Gasteiger partial charge in [0.25, 0.3) is 0 Å². The van der Waals surface area contributed by atoms with E-state index in [9.17, 15) is 4.79 Å². The highest BCUT2D eigenvalue weighted by atomic mass is 79.9. The number of carbonyl (C=O) groups is 1. The van der Waals surface area contributed by atoms with Crippen LogP contribution < -0.4 is 9.47 Å². The van der Waals surface area contributed by atoms with E-state index in [4.69, 9.17) is 14.9 Å². The molecule has 1 N–H and O–H groups in total. The number of ether oxygens (including phenoxy) is 2. The van der Waals surface area contributed by atoms with Gasteiger partial charge in [0.1, 0.15) is 17.5 Å². The molecule has 0 radical (unpaired) electrons. The minimum Gasteiger partial charge on any atom is -0.493 e. The Balaban J connectivity index is 1.59. The van der Waals surface area contributed by atoms with Gasteiger partial charge in [0, 0.05) is 16.0 Å². The number of thiazole rings is 1. The Morgan fingerprint density at radius 2 is 2.03 bits per heavy atom. The van der Waals surface area contributed by atoms with Crippen molar-refractivity contribution < 1.29 is 14.3 Å². The van der Waals surface area contributed by atoms with Crippen LogP contribution in [0.5, 0.6) is 11.5 Å². The van der Waals surface area contributed by atoms with Crippen LogP contribution in [0.2, 0.25) is 0 Å². The van der Waals surface area contributed by atoms with Gasteiger partial charge < -0.3 is 9.47 Å². The van der Waals surface area contributed by atoms with Gasteiger partial charge in [-0.1, -0.05) is 58.0 Å². The standard InChI is InChI=1S/C22H17BrN2O3S2/c1-27-16-9-14(15(23)11-17(16)28-12-13-5-3-2-4-6-13)10-18-20(26)19(21(24)30-18)22-25-7-8-29-22/h2-11,19,24H,12H2,1H3/b18-10-,24-21?/t19-/m0/s1. The Hall–Kier alpha value is -2.42. The zero-order valence-corrected chi connectivity index (χ0v) is 19.1. The number of thioether (sulfide) groups is 1. The fourth-order valence-electron chi connectivity index (χ4n) is 3.00.